The first-order chi connectivity index (χ1) is 10.7. The third kappa shape index (κ3) is 4.72. The number of nitrogens with one attached hydrogen (secondary N) is 1. The van der Waals surface area contributed by atoms with Crippen LogP contribution in [0.2, 0.25) is 0 Å². The van der Waals surface area contributed by atoms with Gasteiger partial charge in [0.25, 0.3) is 0 Å². The van der Waals surface area contributed by atoms with E-state index >= 15 is 0 Å². The van der Waals surface area contributed by atoms with Gasteiger partial charge in [0.05, 0.1) is 13.0 Å². The van der Waals surface area contributed by atoms with E-state index in [1.54, 1.807) is 11.1 Å². The van der Waals surface area contributed by atoms with Crippen LogP contribution in [0.15, 0.2) is 24.4 Å². The first kappa shape index (κ1) is 16.3. The van der Waals surface area contributed by atoms with Crippen LogP contribution in [-0.2, 0) is 14.3 Å². The number of amides is 1. The highest BCUT2D eigenvalue weighted by atomic mass is 16.5. The van der Waals surface area contributed by atoms with Crippen LogP contribution in [-0.4, -0.2) is 48.5 Å². The number of piperidine rings is 1. The Morgan fingerprint density at radius 2 is 2.32 bits per heavy atom. The maximum absolute atomic E-state index is 12.2. The molecule has 1 atom stereocenters. The van der Waals surface area contributed by atoms with Gasteiger partial charge < -0.3 is 15.0 Å². The van der Waals surface area contributed by atoms with Crippen LogP contribution < -0.4 is 5.32 Å². The van der Waals surface area contributed by atoms with E-state index < -0.39 is 0 Å². The highest BCUT2D eigenvalue weighted by Gasteiger charge is 2.28. The average molecular weight is 305 g/mol. The second kappa shape index (κ2) is 8.36. The van der Waals surface area contributed by atoms with Gasteiger partial charge in [0.2, 0.25) is 5.91 Å². The van der Waals surface area contributed by atoms with Gasteiger partial charge in [-0.2, -0.15) is 0 Å². The van der Waals surface area contributed by atoms with Crippen molar-refractivity contribution in [3.63, 3.8) is 0 Å². The second-order valence-electron chi connectivity index (χ2n) is 5.45. The van der Waals surface area contributed by atoms with Crippen LogP contribution in [0.1, 0.15) is 25.7 Å². The molecule has 1 aromatic heterocycles. The van der Waals surface area contributed by atoms with Gasteiger partial charge in [-0.25, -0.2) is 4.98 Å². The monoisotopic (exact) mass is 305 g/mol. The largest absolute Gasteiger partial charge is 0.469 e. The first-order valence-electron chi connectivity index (χ1n) is 7.71. The number of esters is 1. The topological polar surface area (TPSA) is 71.5 Å². The van der Waals surface area contributed by atoms with Crippen LogP contribution in [0.25, 0.3) is 0 Å². The van der Waals surface area contributed by atoms with Crippen molar-refractivity contribution in [2.24, 2.45) is 5.92 Å². The van der Waals surface area contributed by atoms with Crippen molar-refractivity contribution in [1.82, 2.24) is 9.88 Å². The molecule has 1 amide bonds. The minimum Gasteiger partial charge on any atom is -0.469 e. The smallest absolute Gasteiger partial charge is 0.310 e. The summed E-state index contributed by atoms with van der Waals surface area (Å²) in [7, 11) is 1.40. The van der Waals surface area contributed by atoms with Crippen molar-refractivity contribution >= 4 is 17.7 Å². The molecule has 0 spiro atoms. The SMILES string of the molecule is COC(=O)[C@H]1CCCN(C(=O)CCCNc2ccccn2)C1. The summed E-state index contributed by atoms with van der Waals surface area (Å²) >= 11 is 0. The second-order valence-corrected chi connectivity index (χ2v) is 5.45. The fraction of sp³-hybridized carbons (Fsp3) is 0.562. The summed E-state index contributed by atoms with van der Waals surface area (Å²) in [4.78, 5) is 29.7. The van der Waals surface area contributed by atoms with Gasteiger partial charge in [0, 0.05) is 32.3 Å². The predicted octanol–water partition coefficient (Wildman–Crippen LogP) is 1.69. The highest BCUT2D eigenvalue weighted by Crippen LogP contribution is 2.18. The Bertz CT molecular complexity index is 493. The Morgan fingerprint density at radius 1 is 1.45 bits per heavy atom. The lowest BCUT2D eigenvalue weighted by atomic mass is 9.98. The van der Waals surface area contributed by atoms with Gasteiger partial charge in [0.15, 0.2) is 0 Å². The van der Waals surface area contributed by atoms with Crippen molar-refractivity contribution in [2.75, 3.05) is 32.1 Å². The van der Waals surface area contributed by atoms with Crippen LogP contribution in [0.3, 0.4) is 0 Å². The molecule has 1 aliphatic rings. The maximum atomic E-state index is 12.2. The third-order valence-corrected chi connectivity index (χ3v) is 3.85. The summed E-state index contributed by atoms with van der Waals surface area (Å²) in [5, 5.41) is 3.18. The van der Waals surface area contributed by atoms with E-state index in [1.165, 1.54) is 7.11 Å². The molecule has 1 aliphatic heterocycles. The lowest BCUT2D eigenvalue weighted by Crippen LogP contribution is -2.42. The molecule has 0 radical (unpaired) electrons. The summed E-state index contributed by atoms with van der Waals surface area (Å²) in [5.74, 6) is 0.541. The van der Waals surface area contributed by atoms with Gasteiger partial charge in [-0.15, -0.1) is 0 Å². The zero-order valence-corrected chi connectivity index (χ0v) is 13.0. The molecule has 22 heavy (non-hydrogen) atoms. The summed E-state index contributed by atoms with van der Waals surface area (Å²) < 4.78 is 4.77. The molecule has 1 saturated heterocycles. The van der Waals surface area contributed by atoms with Gasteiger partial charge in [-0.05, 0) is 31.4 Å². The number of methoxy groups -OCH3 is 1. The number of likely N-dealkylation sites (tertiary alicyclic amines) is 1. The standard InChI is InChI=1S/C16H23N3O3/c1-22-16(21)13-6-5-11-19(12-13)15(20)8-4-10-18-14-7-2-3-9-17-14/h2-3,7,9,13H,4-6,8,10-12H2,1H3,(H,17,18)/t13-/m0/s1. The van der Waals surface area contributed by atoms with Crippen molar-refractivity contribution in [3.8, 4) is 0 Å². The molecule has 0 saturated carbocycles. The Hall–Kier alpha value is -2.11. The molecule has 0 bridgehead atoms. The molecule has 0 unspecified atom stereocenters. The number of rotatable bonds is 6. The average Bonchev–Trinajstić information content (AvgIpc) is 2.59. The fourth-order valence-electron chi connectivity index (χ4n) is 2.64. The Balaban J connectivity index is 1.69. The van der Waals surface area contributed by atoms with Crippen molar-refractivity contribution in [1.29, 1.82) is 0 Å². The summed E-state index contributed by atoms with van der Waals surface area (Å²) in [6.45, 7) is 1.93. The highest BCUT2D eigenvalue weighted by molar-refractivity contribution is 5.78. The molecule has 0 aromatic carbocycles. The maximum Gasteiger partial charge on any atom is 0.310 e. The van der Waals surface area contributed by atoms with E-state index in [9.17, 15) is 9.59 Å². The predicted molar refractivity (Wildman–Crippen MR) is 83.3 cm³/mol. The zero-order chi connectivity index (χ0) is 15.8. The van der Waals surface area contributed by atoms with Gasteiger partial charge >= 0.3 is 5.97 Å². The summed E-state index contributed by atoms with van der Waals surface area (Å²) in [6, 6.07) is 5.68. The molecule has 1 fully saturated rings. The van der Waals surface area contributed by atoms with Crippen molar-refractivity contribution in [2.45, 2.75) is 25.7 Å². The zero-order valence-electron chi connectivity index (χ0n) is 13.0. The minimum atomic E-state index is -0.214. The first-order valence-corrected chi connectivity index (χ1v) is 7.71. The van der Waals surface area contributed by atoms with E-state index in [0.717, 1.165) is 31.6 Å². The number of pyridine rings is 1. The summed E-state index contributed by atoms with van der Waals surface area (Å²) in [5.41, 5.74) is 0. The molecule has 6 heteroatoms. The molecule has 120 valence electrons. The third-order valence-electron chi connectivity index (χ3n) is 3.85. The number of nitrogens with zero attached hydrogens (tertiary/aromatic N) is 2. The normalized spacial score (nSPS) is 17.9. The molecule has 2 rings (SSSR count). The molecular weight excluding hydrogens is 282 g/mol. The number of anilines is 1. The lowest BCUT2D eigenvalue weighted by molar-refractivity contribution is -0.149. The number of hydrogen-bond donors (Lipinski definition) is 1. The lowest BCUT2D eigenvalue weighted by Gasteiger charge is -2.31. The van der Waals surface area contributed by atoms with Gasteiger partial charge in [-0.1, -0.05) is 6.07 Å². The molecule has 1 N–H and O–H groups in total. The van der Waals surface area contributed by atoms with Crippen LogP contribution in [0, 0.1) is 5.92 Å². The van der Waals surface area contributed by atoms with E-state index in [0.29, 0.717) is 19.5 Å². The van der Waals surface area contributed by atoms with Crippen LogP contribution in [0.4, 0.5) is 5.82 Å². The van der Waals surface area contributed by atoms with Gasteiger partial charge in [-0.3, -0.25) is 9.59 Å². The molecule has 2 heterocycles. The number of carbonyl (C=O) groups excluding carboxylic acids is 2. The summed E-state index contributed by atoms with van der Waals surface area (Å²) in [6.07, 6.45) is 4.62. The molecule has 6 nitrogen and oxygen atoms in total. The van der Waals surface area contributed by atoms with E-state index in [2.05, 4.69) is 10.3 Å². The van der Waals surface area contributed by atoms with Crippen LogP contribution in [0.5, 0.6) is 0 Å². The van der Waals surface area contributed by atoms with Gasteiger partial charge in [0.1, 0.15) is 5.82 Å². The minimum absolute atomic E-state index is 0.108. The van der Waals surface area contributed by atoms with E-state index in [4.69, 9.17) is 4.74 Å². The quantitative estimate of drug-likeness (QED) is 0.639. The number of aromatic nitrogens is 1. The Labute approximate surface area is 130 Å². The fourth-order valence-corrected chi connectivity index (χ4v) is 2.64. The van der Waals surface area contributed by atoms with Crippen molar-refractivity contribution < 1.29 is 14.3 Å². The molecule has 0 aliphatic carbocycles. The number of hydrogen-bond acceptors (Lipinski definition) is 5. The Morgan fingerprint density at radius 3 is 3.05 bits per heavy atom. The van der Waals surface area contributed by atoms with E-state index in [-0.39, 0.29) is 17.8 Å². The Kier molecular flexibility index (Phi) is 6.18. The van der Waals surface area contributed by atoms with Crippen molar-refractivity contribution in [3.05, 3.63) is 24.4 Å². The molecular formula is C16H23N3O3. The number of ether oxygens (including phenoxy) is 1. The van der Waals surface area contributed by atoms with Crippen LogP contribution >= 0.6 is 0 Å². The van der Waals surface area contributed by atoms with E-state index in [1.807, 2.05) is 18.2 Å². The number of carbonyl (C=O) groups is 2. The molecule has 1 aromatic rings.